The van der Waals surface area contributed by atoms with Crippen LogP contribution in [0.1, 0.15) is 65.5 Å². The van der Waals surface area contributed by atoms with Crippen LogP contribution in [0.4, 0.5) is 38.0 Å². The lowest BCUT2D eigenvalue weighted by atomic mass is 9.92. The molecule has 3 aromatic rings. The van der Waals surface area contributed by atoms with E-state index >= 15 is 0 Å². The summed E-state index contributed by atoms with van der Waals surface area (Å²) in [6.45, 7) is 11.2. The van der Waals surface area contributed by atoms with Gasteiger partial charge in [0.15, 0.2) is 0 Å². The van der Waals surface area contributed by atoms with E-state index < -0.39 is 63.5 Å². The van der Waals surface area contributed by atoms with Crippen molar-refractivity contribution in [2.24, 2.45) is 0 Å². The maximum atomic E-state index is 14.3. The highest BCUT2D eigenvalue weighted by Crippen LogP contribution is 2.34. The molecule has 16 heteroatoms. The summed E-state index contributed by atoms with van der Waals surface area (Å²) >= 11 is 0.852. The van der Waals surface area contributed by atoms with E-state index in [0.717, 1.165) is 40.5 Å². The highest BCUT2D eigenvalue weighted by atomic mass is 32.1. The van der Waals surface area contributed by atoms with Crippen LogP contribution in [0.25, 0.3) is 10.6 Å². The molecule has 0 fully saturated rings. The summed E-state index contributed by atoms with van der Waals surface area (Å²) in [6, 6.07) is 6.62. The predicted octanol–water partition coefficient (Wildman–Crippen LogP) is 7.71. The van der Waals surface area contributed by atoms with Crippen molar-refractivity contribution < 1.29 is 41.5 Å². The molecule has 0 aliphatic carbocycles. The molecule has 0 aliphatic heterocycles. The third-order valence-corrected chi connectivity index (χ3v) is 7.09. The molecule has 1 heterocycles. The number of amides is 2. The Morgan fingerprint density at radius 1 is 1.00 bits per heavy atom. The lowest BCUT2D eigenvalue weighted by Gasteiger charge is -2.32. The average Bonchev–Trinajstić information content (AvgIpc) is 3.37. The molecular formula is C29H33F4N5O6S. The topological polar surface area (TPSA) is 137 Å². The van der Waals surface area contributed by atoms with Crippen molar-refractivity contribution in [3.8, 4) is 10.6 Å². The Morgan fingerprint density at radius 2 is 1.60 bits per heavy atom. The van der Waals surface area contributed by atoms with E-state index in [9.17, 15) is 37.3 Å². The van der Waals surface area contributed by atoms with E-state index in [-0.39, 0.29) is 22.2 Å². The molecule has 2 amide bonds. The van der Waals surface area contributed by atoms with Gasteiger partial charge in [0, 0.05) is 17.5 Å². The summed E-state index contributed by atoms with van der Waals surface area (Å²) in [6.07, 6.45) is -6.27. The fraction of sp³-hybridized carbons (Fsp3) is 0.448. The van der Waals surface area contributed by atoms with Crippen molar-refractivity contribution >= 4 is 34.3 Å². The van der Waals surface area contributed by atoms with Crippen LogP contribution >= 0.6 is 11.3 Å². The van der Waals surface area contributed by atoms with Gasteiger partial charge in [-0.3, -0.25) is 10.1 Å². The van der Waals surface area contributed by atoms with Gasteiger partial charge in [-0.1, -0.05) is 30.4 Å². The number of ether oxygens (including phenoxy) is 2. The Hall–Kier alpha value is -4.34. The first-order valence-corrected chi connectivity index (χ1v) is 14.4. The van der Waals surface area contributed by atoms with Crippen molar-refractivity contribution in [2.75, 3.05) is 11.4 Å². The minimum Gasteiger partial charge on any atom is -0.444 e. The van der Waals surface area contributed by atoms with Gasteiger partial charge in [0.25, 0.3) is 0 Å². The van der Waals surface area contributed by atoms with Gasteiger partial charge in [-0.05, 0) is 71.4 Å². The molecular weight excluding hydrogens is 622 g/mol. The Morgan fingerprint density at radius 3 is 2.11 bits per heavy atom. The van der Waals surface area contributed by atoms with Gasteiger partial charge in [-0.15, -0.1) is 10.2 Å². The molecule has 0 aliphatic rings. The van der Waals surface area contributed by atoms with Crippen molar-refractivity contribution in [2.45, 2.75) is 77.8 Å². The van der Waals surface area contributed by atoms with Crippen molar-refractivity contribution in [1.29, 1.82) is 0 Å². The number of carbonyl (C=O) groups excluding carboxylic acids is 2. The second-order valence-corrected chi connectivity index (χ2v) is 13.0. The van der Waals surface area contributed by atoms with Gasteiger partial charge in [-0.25, -0.2) is 14.5 Å². The SMILES string of the molecule is C[C@@H](c1ccc(C(F)(F)F)cc1)[C@@H](CN(C(=O)OC(C)(C)C)c1nnc(-c2ccc([N+](=O)[O-])c(F)c2)s1)NC(=O)OC(C)(C)C. The molecule has 0 bridgehead atoms. The molecule has 0 unspecified atom stereocenters. The normalized spacial score (nSPS) is 13.5. The number of nitro groups is 1. The Labute approximate surface area is 260 Å². The van der Waals surface area contributed by atoms with E-state index in [1.54, 1.807) is 48.5 Å². The minimum absolute atomic E-state index is 0.0198. The molecule has 1 aromatic heterocycles. The maximum absolute atomic E-state index is 14.3. The zero-order valence-electron chi connectivity index (χ0n) is 25.6. The number of aromatic nitrogens is 2. The second-order valence-electron chi connectivity index (χ2n) is 12.1. The van der Waals surface area contributed by atoms with Gasteiger partial charge in [0.05, 0.1) is 23.1 Å². The first kappa shape index (κ1) is 35.1. The average molecular weight is 656 g/mol. The van der Waals surface area contributed by atoms with E-state index in [4.69, 9.17) is 9.47 Å². The Bertz CT molecular complexity index is 1530. The van der Waals surface area contributed by atoms with E-state index in [0.29, 0.717) is 5.56 Å². The third-order valence-electron chi connectivity index (χ3n) is 6.10. The number of rotatable bonds is 8. The number of nitro benzene ring substituents is 1. The highest BCUT2D eigenvalue weighted by molar-refractivity contribution is 7.18. The predicted molar refractivity (Wildman–Crippen MR) is 159 cm³/mol. The first-order chi connectivity index (χ1) is 20.6. The van der Waals surface area contributed by atoms with Crippen LogP contribution < -0.4 is 10.2 Å². The lowest BCUT2D eigenvalue weighted by molar-refractivity contribution is -0.387. The fourth-order valence-electron chi connectivity index (χ4n) is 3.97. The van der Waals surface area contributed by atoms with Crippen LogP contribution in [0, 0.1) is 15.9 Å². The first-order valence-electron chi connectivity index (χ1n) is 13.6. The minimum atomic E-state index is -4.55. The number of hydrogen-bond donors (Lipinski definition) is 1. The molecule has 244 valence electrons. The summed E-state index contributed by atoms with van der Waals surface area (Å²) in [5, 5.41) is 21.9. The van der Waals surface area contributed by atoms with Crippen molar-refractivity contribution in [3.63, 3.8) is 0 Å². The standard InChI is InChI=1S/C29H33F4N5O6S/c1-16(17-8-11-19(12-9-17)29(31,32)33)21(34-25(39)43-27(2,3)4)15-37(26(40)44-28(5,6)7)24-36-35-23(45-24)18-10-13-22(38(41)42)20(30)14-18/h8-14,16,21H,15H2,1-7H3,(H,34,39)/t16-,21+/m0/s1. The Kier molecular flexibility index (Phi) is 10.4. The van der Waals surface area contributed by atoms with Crippen LogP contribution in [0.5, 0.6) is 0 Å². The van der Waals surface area contributed by atoms with E-state index in [1.807, 2.05) is 0 Å². The van der Waals surface area contributed by atoms with Gasteiger partial charge in [0.2, 0.25) is 10.9 Å². The summed E-state index contributed by atoms with van der Waals surface area (Å²) in [7, 11) is 0. The van der Waals surface area contributed by atoms with Crippen LogP contribution in [-0.2, 0) is 15.7 Å². The largest absolute Gasteiger partial charge is 0.444 e. The molecule has 45 heavy (non-hydrogen) atoms. The number of anilines is 1. The van der Waals surface area contributed by atoms with Crippen molar-refractivity contribution in [3.05, 3.63) is 69.5 Å². The third kappa shape index (κ3) is 9.83. The smallest absolute Gasteiger partial charge is 0.416 e. The Balaban J connectivity index is 2.03. The summed E-state index contributed by atoms with van der Waals surface area (Å²) in [5.41, 5.74) is -2.84. The van der Waals surface area contributed by atoms with E-state index in [2.05, 4.69) is 15.5 Å². The highest BCUT2D eigenvalue weighted by Gasteiger charge is 2.34. The number of hydrogen-bond acceptors (Lipinski definition) is 9. The number of carbonyl (C=O) groups is 2. The zero-order chi connectivity index (χ0) is 33.9. The number of benzene rings is 2. The molecule has 0 radical (unpaired) electrons. The van der Waals surface area contributed by atoms with E-state index in [1.165, 1.54) is 18.2 Å². The molecule has 1 N–H and O–H groups in total. The van der Waals surface area contributed by atoms with Crippen LogP contribution in [0.15, 0.2) is 42.5 Å². The number of nitrogens with zero attached hydrogens (tertiary/aromatic N) is 4. The molecule has 3 rings (SSSR count). The number of nitrogens with one attached hydrogen (secondary N) is 1. The molecule has 0 saturated heterocycles. The molecule has 11 nitrogen and oxygen atoms in total. The second kappa shape index (κ2) is 13.3. The molecule has 2 aromatic carbocycles. The van der Waals surface area contributed by atoms with Gasteiger partial charge in [0.1, 0.15) is 16.2 Å². The number of alkyl carbamates (subject to hydrolysis) is 1. The summed E-state index contributed by atoms with van der Waals surface area (Å²) in [4.78, 5) is 37.6. The van der Waals surface area contributed by atoms with Crippen molar-refractivity contribution in [1.82, 2.24) is 15.5 Å². The van der Waals surface area contributed by atoms with Gasteiger partial charge < -0.3 is 14.8 Å². The number of alkyl halides is 3. The number of halogens is 4. The molecule has 0 spiro atoms. The fourth-order valence-corrected chi connectivity index (χ4v) is 4.81. The molecule has 0 saturated carbocycles. The monoisotopic (exact) mass is 655 g/mol. The maximum Gasteiger partial charge on any atom is 0.416 e. The van der Waals surface area contributed by atoms with Gasteiger partial charge in [-0.2, -0.15) is 17.6 Å². The quantitative estimate of drug-likeness (QED) is 0.148. The summed E-state index contributed by atoms with van der Waals surface area (Å²) in [5.74, 6) is -1.76. The molecule has 2 atom stereocenters. The lowest BCUT2D eigenvalue weighted by Crippen LogP contribution is -2.50. The summed E-state index contributed by atoms with van der Waals surface area (Å²) < 4.78 is 64.9. The van der Waals surface area contributed by atoms with Crippen LogP contribution in [0.3, 0.4) is 0 Å². The van der Waals surface area contributed by atoms with Crippen LogP contribution in [0.2, 0.25) is 0 Å². The zero-order valence-corrected chi connectivity index (χ0v) is 26.4. The van der Waals surface area contributed by atoms with Gasteiger partial charge >= 0.3 is 24.1 Å². The van der Waals surface area contributed by atoms with Crippen LogP contribution in [-0.4, -0.2) is 51.1 Å².